The van der Waals surface area contributed by atoms with Crippen LogP contribution >= 0.6 is 0 Å². The summed E-state index contributed by atoms with van der Waals surface area (Å²) in [4.78, 5) is 11.5. The van der Waals surface area contributed by atoms with Crippen LogP contribution in [0.2, 0.25) is 0 Å². The second-order valence-corrected chi connectivity index (χ2v) is 4.34. The van der Waals surface area contributed by atoms with E-state index in [2.05, 4.69) is 32.7 Å². The third kappa shape index (κ3) is 3.57. The van der Waals surface area contributed by atoms with E-state index in [1.54, 1.807) is 11.1 Å². The molecule has 1 heterocycles. The number of hydrogen-bond acceptors (Lipinski definition) is 7. The van der Waals surface area contributed by atoms with Crippen LogP contribution in [0.5, 0.6) is 0 Å². The van der Waals surface area contributed by atoms with Crippen molar-refractivity contribution in [2.45, 2.75) is 12.8 Å². The standard InChI is InChI=1S/C14H15N5O2/c1-21-14(20)12(10-15)13-16-17-18-19(13)9-5-8-11-6-3-2-4-7-11/h2-4,6-7H,5,8-9H2,1H3,(H,16,18). The fourth-order valence-electron chi connectivity index (χ4n) is 1.94. The minimum absolute atomic E-state index is 0.161. The lowest BCUT2D eigenvalue weighted by atomic mass is 10.1. The molecule has 7 heteroatoms. The smallest absolute Gasteiger partial charge is 0.352 e. The van der Waals surface area contributed by atoms with E-state index in [-0.39, 0.29) is 11.4 Å². The van der Waals surface area contributed by atoms with Crippen molar-refractivity contribution < 1.29 is 9.53 Å². The highest BCUT2D eigenvalue weighted by atomic mass is 16.5. The number of hydrogen-bond donors (Lipinski definition) is 1. The van der Waals surface area contributed by atoms with Gasteiger partial charge < -0.3 is 4.74 Å². The number of carbonyl (C=O) groups is 1. The summed E-state index contributed by atoms with van der Waals surface area (Å²) < 4.78 is 4.56. The van der Waals surface area contributed by atoms with Gasteiger partial charge in [0.2, 0.25) is 0 Å². The molecular formula is C14H15N5O2. The van der Waals surface area contributed by atoms with E-state index in [1.165, 1.54) is 12.7 Å². The molecule has 2 rings (SSSR count). The van der Waals surface area contributed by atoms with Crippen molar-refractivity contribution in [3.63, 3.8) is 0 Å². The summed E-state index contributed by atoms with van der Waals surface area (Å²) in [6, 6.07) is 11.9. The molecule has 7 nitrogen and oxygen atoms in total. The quantitative estimate of drug-likeness (QED) is 0.505. The van der Waals surface area contributed by atoms with E-state index in [0.717, 1.165) is 12.8 Å². The Morgan fingerprint density at radius 2 is 2.19 bits per heavy atom. The Labute approximate surface area is 122 Å². The summed E-state index contributed by atoms with van der Waals surface area (Å²) in [5.74, 6) is -0.527. The number of carbonyl (C=O) groups excluding carboxylic acids is 1. The van der Waals surface area contributed by atoms with Gasteiger partial charge in [-0.15, -0.1) is 5.11 Å². The van der Waals surface area contributed by atoms with Gasteiger partial charge in [-0.3, -0.25) is 5.01 Å². The maximum atomic E-state index is 11.5. The summed E-state index contributed by atoms with van der Waals surface area (Å²) in [6.45, 7) is 0.569. The third-order valence-electron chi connectivity index (χ3n) is 2.98. The van der Waals surface area contributed by atoms with Crippen molar-refractivity contribution in [1.82, 2.24) is 10.5 Å². The highest BCUT2D eigenvalue weighted by Crippen LogP contribution is 2.17. The molecule has 0 saturated heterocycles. The lowest BCUT2D eigenvalue weighted by molar-refractivity contribution is -0.135. The minimum atomic E-state index is -0.719. The Bertz CT molecular complexity index is 604. The molecule has 21 heavy (non-hydrogen) atoms. The fourth-order valence-corrected chi connectivity index (χ4v) is 1.94. The first-order chi connectivity index (χ1) is 10.3. The van der Waals surface area contributed by atoms with E-state index in [9.17, 15) is 4.79 Å². The number of aryl methyl sites for hydroxylation is 1. The molecule has 0 atom stereocenters. The molecule has 0 amide bonds. The average molecular weight is 285 g/mol. The van der Waals surface area contributed by atoms with Crippen LogP contribution in [-0.2, 0) is 16.0 Å². The van der Waals surface area contributed by atoms with Gasteiger partial charge in [0.05, 0.1) is 7.11 Å². The number of ether oxygens (including phenoxy) is 1. The third-order valence-corrected chi connectivity index (χ3v) is 2.98. The zero-order valence-corrected chi connectivity index (χ0v) is 11.6. The molecule has 108 valence electrons. The Morgan fingerprint density at radius 3 is 2.86 bits per heavy atom. The average Bonchev–Trinajstić information content (AvgIpc) is 2.97. The normalized spacial score (nSPS) is 15.3. The summed E-state index contributed by atoms with van der Waals surface area (Å²) in [5.41, 5.74) is 3.73. The Morgan fingerprint density at radius 1 is 1.43 bits per heavy atom. The van der Waals surface area contributed by atoms with Gasteiger partial charge in [0, 0.05) is 6.54 Å². The maximum Gasteiger partial charge on any atom is 0.352 e. The number of rotatable bonds is 5. The first kappa shape index (κ1) is 14.5. The van der Waals surface area contributed by atoms with Crippen LogP contribution in [0.1, 0.15) is 12.0 Å². The summed E-state index contributed by atoms with van der Waals surface area (Å²) in [6.07, 6.45) is 1.71. The van der Waals surface area contributed by atoms with Crippen molar-refractivity contribution in [3.8, 4) is 6.07 Å². The van der Waals surface area contributed by atoms with Gasteiger partial charge in [-0.05, 0) is 18.4 Å². The molecule has 0 saturated carbocycles. The number of benzene rings is 1. The molecule has 0 aromatic heterocycles. The Kier molecular flexibility index (Phi) is 4.88. The van der Waals surface area contributed by atoms with Crippen molar-refractivity contribution in [2.24, 2.45) is 10.3 Å². The Balaban J connectivity index is 1.99. The molecule has 0 aliphatic carbocycles. The second kappa shape index (κ2) is 7.05. The van der Waals surface area contributed by atoms with E-state index in [1.807, 2.05) is 18.2 Å². The molecule has 0 radical (unpaired) electrons. The second-order valence-electron chi connectivity index (χ2n) is 4.34. The van der Waals surface area contributed by atoms with Gasteiger partial charge in [0.15, 0.2) is 11.4 Å². The van der Waals surface area contributed by atoms with Crippen LogP contribution in [0.15, 0.2) is 52.1 Å². The largest absolute Gasteiger partial charge is 0.465 e. The van der Waals surface area contributed by atoms with Gasteiger partial charge in [-0.2, -0.15) is 10.8 Å². The zero-order chi connectivity index (χ0) is 15.1. The molecule has 0 fully saturated rings. The van der Waals surface area contributed by atoms with Crippen molar-refractivity contribution >= 4 is 5.97 Å². The number of nitrogens with one attached hydrogen (secondary N) is 1. The van der Waals surface area contributed by atoms with Crippen LogP contribution < -0.4 is 5.53 Å². The SMILES string of the molecule is COC(=O)C(C#N)=C1N=NNN1CCCc1ccccc1. The molecular weight excluding hydrogens is 270 g/mol. The predicted octanol–water partition coefficient (Wildman–Crippen LogP) is 1.71. The van der Waals surface area contributed by atoms with Crippen molar-refractivity contribution in [3.05, 3.63) is 47.3 Å². The first-order valence-corrected chi connectivity index (χ1v) is 6.46. The highest BCUT2D eigenvalue weighted by molar-refractivity contribution is 5.93. The molecule has 0 bridgehead atoms. The van der Waals surface area contributed by atoms with Gasteiger partial charge >= 0.3 is 5.97 Å². The summed E-state index contributed by atoms with van der Waals surface area (Å²) in [7, 11) is 1.22. The lowest BCUT2D eigenvalue weighted by Gasteiger charge is -2.17. The number of hydrazine groups is 1. The summed E-state index contributed by atoms with van der Waals surface area (Å²) >= 11 is 0. The first-order valence-electron chi connectivity index (χ1n) is 6.46. The van der Waals surface area contributed by atoms with Crippen molar-refractivity contribution in [1.29, 1.82) is 5.26 Å². The van der Waals surface area contributed by atoms with E-state index >= 15 is 0 Å². The van der Waals surface area contributed by atoms with Gasteiger partial charge in [0.1, 0.15) is 6.07 Å². The molecule has 1 aliphatic heterocycles. The lowest BCUT2D eigenvalue weighted by Crippen LogP contribution is -2.31. The number of nitriles is 1. The minimum Gasteiger partial charge on any atom is -0.465 e. The van der Waals surface area contributed by atoms with Crippen LogP contribution in [0.25, 0.3) is 0 Å². The monoisotopic (exact) mass is 285 g/mol. The number of nitrogens with zero attached hydrogens (tertiary/aromatic N) is 4. The topological polar surface area (TPSA) is 90.1 Å². The van der Waals surface area contributed by atoms with Gasteiger partial charge in [0.25, 0.3) is 0 Å². The predicted molar refractivity (Wildman–Crippen MR) is 74.1 cm³/mol. The number of methoxy groups -OCH3 is 1. The molecule has 1 aromatic carbocycles. The Hall–Kier alpha value is -2.88. The van der Waals surface area contributed by atoms with Crippen LogP contribution in [0, 0.1) is 11.3 Å². The highest BCUT2D eigenvalue weighted by Gasteiger charge is 2.24. The van der Waals surface area contributed by atoms with E-state index < -0.39 is 5.97 Å². The summed E-state index contributed by atoms with van der Waals surface area (Å²) in [5, 5.41) is 18.0. The van der Waals surface area contributed by atoms with Crippen LogP contribution in [-0.4, -0.2) is 24.6 Å². The van der Waals surface area contributed by atoms with Crippen molar-refractivity contribution in [2.75, 3.05) is 13.7 Å². The fraction of sp³-hybridized carbons (Fsp3) is 0.286. The van der Waals surface area contributed by atoms with Gasteiger partial charge in [-0.1, -0.05) is 35.6 Å². The molecule has 1 N–H and O–H groups in total. The number of esters is 1. The molecule has 1 aromatic rings. The van der Waals surface area contributed by atoms with Gasteiger partial charge in [-0.25, -0.2) is 4.79 Å². The van der Waals surface area contributed by atoms with Crippen LogP contribution in [0.4, 0.5) is 0 Å². The zero-order valence-electron chi connectivity index (χ0n) is 11.6. The molecule has 1 aliphatic rings. The maximum absolute atomic E-state index is 11.5. The molecule has 0 spiro atoms. The van der Waals surface area contributed by atoms with Crippen LogP contribution in [0.3, 0.4) is 0 Å². The molecule has 0 unspecified atom stereocenters. The van der Waals surface area contributed by atoms with E-state index in [0.29, 0.717) is 6.54 Å². The van der Waals surface area contributed by atoms with E-state index in [4.69, 9.17) is 5.26 Å².